The van der Waals surface area contributed by atoms with Crippen molar-refractivity contribution < 1.29 is 36.2 Å². The highest BCUT2D eigenvalue weighted by Crippen LogP contribution is 2.39. The van der Waals surface area contributed by atoms with Crippen molar-refractivity contribution in [2.24, 2.45) is 5.92 Å². The summed E-state index contributed by atoms with van der Waals surface area (Å²) >= 11 is 13.7. The van der Waals surface area contributed by atoms with Crippen molar-refractivity contribution in [3.05, 3.63) is 63.8 Å². The molecule has 1 saturated heterocycles. The third-order valence-electron chi connectivity index (χ3n) is 5.92. The number of carbonyl (C=O) groups excluding carboxylic acids is 1. The van der Waals surface area contributed by atoms with Gasteiger partial charge in [-0.15, -0.1) is 11.8 Å². The molecular formula is C24H24Cl2F2N2O6S2. The second-order valence-electron chi connectivity index (χ2n) is 8.60. The minimum Gasteiger partial charge on any atom is -0.489 e. The first-order valence-corrected chi connectivity index (χ1v) is 14.9. The van der Waals surface area contributed by atoms with Gasteiger partial charge in [0.25, 0.3) is 0 Å². The van der Waals surface area contributed by atoms with Gasteiger partial charge in [0.05, 0.1) is 16.7 Å². The van der Waals surface area contributed by atoms with E-state index in [1.54, 1.807) is 0 Å². The first-order chi connectivity index (χ1) is 18.1. The highest BCUT2D eigenvalue weighted by atomic mass is 35.5. The van der Waals surface area contributed by atoms with Crippen molar-refractivity contribution in [1.29, 1.82) is 0 Å². The van der Waals surface area contributed by atoms with Crippen molar-refractivity contribution in [2.45, 2.75) is 37.4 Å². The maximum Gasteiger partial charge on any atom is 0.387 e. The van der Waals surface area contributed by atoms with Gasteiger partial charge < -0.3 is 14.2 Å². The van der Waals surface area contributed by atoms with E-state index in [1.165, 1.54) is 30.6 Å². The molecule has 0 amide bonds. The van der Waals surface area contributed by atoms with Crippen LogP contribution in [0.5, 0.6) is 11.5 Å². The molecule has 2 aromatic rings. The number of hydrogen-bond donors (Lipinski definition) is 0. The molecule has 2 fully saturated rings. The van der Waals surface area contributed by atoms with Crippen LogP contribution in [-0.2, 0) is 26.0 Å². The smallest absolute Gasteiger partial charge is 0.387 e. The number of rotatable bonds is 12. The van der Waals surface area contributed by atoms with Crippen LogP contribution in [0.3, 0.4) is 0 Å². The first kappa shape index (κ1) is 28.9. The van der Waals surface area contributed by atoms with Crippen LogP contribution in [0.1, 0.15) is 30.1 Å². The number of aromatic nitrogens is 1. The molecule has 1 aliphatic carbocycles. The van der Waals surface area contributed by atoms with Crippen LogP contribution in [0.4, 0.5) is 8.78 Å². The van der Waals surface area contributed by atoms with E-state index in [9.17, 15) is 22.0 Å². The van der Waals surface area contributed by atoms with Crippen LogP contribution in [0.25, 0.3) is 0 Å². The fourth-order valence-electron chi connectivity index (χ4n) is 3.76. The van der Waals surface area contributed by atoms with E-state index in [2.05, 4.69) is 16.3 Å². The normalized spacial score (nSPS) is 18.8. The third-order valence-corrected chi connectivity index (χ3v) is 9.35. The van der Waals surface area contributed by atoms with Gasteiger partial charge in [-0.2, -0.15) is 13.1 Å². The summed E-state index contributed by atoms with van der Waals surface area (Å²) in [4.78, 5) is 17.2. The molecule has 0 spiro atoms. The van der Waals surface area contributed by atoms with Crippen molar-refractivity contribution in [3.8, 4) is 11.5 Å². The summed E-state index contributed by atoms with van der Waals surface area (Å²) in [6.07, 6.45) is 3.70. The summed E-state index contributed by atoms with van der Waals surface area (Å²) in [6, 6.07) is 4.23. The van der Waals surface area contributed by atoms with Crippen LogP contribution in [0.15, 0.2) is 42.6 Å². The molecule has 0 radical (unpaired) electrons. The van der Waals surface area contributed by atoms with Gasteiger partial charge in [0.1, 0.15) is 6.10 Å². The van der Waals surface area contributed by atoms with Crippen molar-refractivity contribution in [2.75, 3.05) is 18.9 Å². The number of ether oxygens (including phenoxy) is 3. The lowest BCUT2D eigenvalue weighted by molar-refractivity contribution is -0.150. The third kappa shape index (κ3) is 7.09. The fourth-order valence-corrected chi connectivity index (χ4v) is 6.82. The van der Waals surface area contributed by atoms with E-state index >= 15 is 0 Å². The Kier molecular flexibility index (Phi) is 9.40. The summed E-state index contributed by atoms with van der Waals surface area (Å²) < 4.78 is 68.1. The van der Waals surface area contributed by atoms with Crippen LogP contribution < -0.4 is 9.47 Å². The maximum absolute atomic E-state index is 13.3. The van der Waals surface area contributed by atoms with Crippen molar-refractivity contribution in [1.82, 2.24) is 9.29 Å². The molecular weight excluding hydrogens is 585 g/mol. The van der Waals surface area contributed by atoms with E-state index in [4.69, 9.17) is 32.7 Å². The van der Waals surface area contributed by atoms with E-state index in [-0.39, 0.29) is 34.5 Å². The SMILES string of the molecule is C=CS(=O)(=O)N1CCS[C@H]1C(=O)OC(Cc1c(Cl)cncc1Cl)c1ccc(OC(F)F)c(OCC2CC2)c1. The number of pyridine rings is 1. The van der Waals surface area contributed by atoms with Gasteiger partial charge in [-0.1, -0.05) is 35.8 Å². The second kappa shape index (κ2) is 12.4. The van der Waals surface area contributed by atoms with E-state index in [0.29, 0.717) is 29.4 Å². The lowest BCUT2D eigenvalue weighted by Crippen LogP contribution is -2.39. The number of sulfonamides is 1. The minimum atomic E-state index is -3.88. The van der Waals surface area contributed by atoms with Gasteiger partial charge in [-0.3, -0.25) is 4.98 Å². The number of halogens is 4. The maximum atomic E-state index is 13.3. The lowest BCUT2D eigenvalue weighted by Gasteiger charge is -2.25. The summed E-state index contributed by atoms with van der Waals surface area (Å²) in [5.41, 5.74) is 0.819. The van der Waals surface area contributed by atoms with Gasteiger partial charge in [0, 0.05) is 36.5 Å². The molecule has 2 heterocycles. The molecule has 38 heavy (non-hydrogen) atoms. The fraction of sp³-hybridized carbons (Fsp3) is 0.417. The summed E-state index contributed by atoms with van der Waals surface area (Å²) in [5, 5.41) is 0.106. The average molecular weight is 609 g/mol. The molecule has 206 valence electrons. The van der Waals surface area contributed by atoms with Gasteiger partial charge in [-0.05, 0) is 42.0 Å². The monoisotopic (exact) mass is 608 g/mol. The number of esters is 1. The molecule has 2 aliphatic rings. The Bertz CT molecular complexity index is 1280. The molecule has 1 aromatic heterocycles. The summed E-state index contributed by atoms with van der Waals surface area (Å²) in [6.45, 7) is 0.694. The second-order valence-corrected chi connectivity index (χ2v) is 12.4. The van der Waals surface area contributed by atoms with Gasteiger partial charge in [-0.25, -0.2) is 13.2 Å². The predicted molar refractivity (Wildman–Crippen MR) is 140 cm³/mol. The highest BCUT2D eigenvalue weighted by molar-refractivity contribution is 8.02. The predicted octanol–water partition coefficient (Wildman–Crippen LogP) is 5.45. The molecule has 8 nitrogen and oxygen atoms in total. The van der Waals surface area contributed by atoms with E-state index in [1.807, 2.05) is 0 Å². The lowest BCUT2D eigenvalue weighted by atomic mass is 10.0. The Labute approximate surface area is 233 Å². The zero-order chi connectivity index (χ0) is 27.4. The molecule has 1 aromatic carbocycles. The Morgan fingerprint density at radius 1 is 1.24 bits per heavy atom. The number of hydrogen-bond acceptors (Lipinski definition) is 8. The molecule has 4 rings (SSSR count). The molecule has 0 N–H and O–H groups in total. The highest BCUT2D eigenvalue weighted by Gasteiger charge is 2.40. The largest absolute Gasteiger partial charge is 0.489 e. The summed E-state index contributed by atoms with van der Waals surface area (Å²) in [5.74, 6) is -0.188. The van der Waals surface area contributed by atoms with Crippen molar-refractivity contribution >= 4 is 51.0 Å². The Morgan fingerprint density at radius 2 is 1.95 bits per heavy atom. The van der Waals surface area contributed by atoms with E-state index in [0.717, 1.165) is 34.3 Å². The van der Waals surface area contributed by atoms with E-state index < -0.39 is 34.1 Å². The van der Waals surface area contributed by atoms with Gasteiger partial charge in [0.15, 0.2) is 16.9 Å². The van der Waals surface area contributed by atoms with Crippen LogP contribution in [0, 0.1) is 5.92 Å². The number of thioether (sulfide) groups is 1. The zero-order valence-electron chi connectivity index (χ0n) is 19.9. The zero-order valence-corrected chi connectivity index (χ0v) is 23.0. The average Bonchev–Trinajstić information content (AvgIpc) is 3.56. The summed E-state index contributed by atoms with van der Waals surface area (Å²) in [7, 11) is -3.88. The Hall–Kier alpha value is -2.12. The molecule has 1 aliphatic heterocycles. The van der Waals surface area contributed by atoms with Crippen molar-refractivity contribution in [3.63, 3.8) is 0 Å². The Balaban J connectivity index is 1.67. The van der Waals surface area contributed by atoms with Crippen LogP contribution in [0.2, 0.25) is 10.0 Å². The number of alkyl halides is 2. The van der Waals surface area contributed by atoms with Crippen LogP contribution in [-0.4, -0.2) is 54.6 Å². The molecule has 2 atom stereocenters. The molecule has 1 saturated carbocycles. The standard InChI is InChI=1S/C24H24Cl2F2N2O6S2/c1-2-38(32,33)30-7-8-37-22(30)23(31)35-20(10-16-17(25)11-29-12-18(16)26)15-5-6-19(36-24(27)28)21(9-15)34-13-14-3-4-14/h2,5-6,9,11-12,14,20,22,24H,1,3-4,7-8,10,13H2/t20?,22-/m0/s1. The van der Waals surface area contributed by atoms with Gasteiger partial charge in [0.2, 0.25) is 10.0 Å². The number of carbonyl (C=O) groups is 1. The number of nitrogens with zero attached hydrogens (tertiary/aromatic N) is 2. The molecule has 0 bridgehead atoms. The first-order valence-electron chi connectivity index (χ1n) is 11.5. The molecule has 1 unspecified atom stereocenters. The van der Waals surface area contributed by atoms with Crippen LogP contribution >= 0.6 is 35.0 Å². The number of benzene rings is 1. The quantitative estimate of drug-likeness (QED) is 0.293. The molecule has 14 heteroatoms. The minimum absolute atomic E-state index is 0.00532. The van der Waals surface area contributed by atoms with Gasteiger partial charge >= 0.3 is 12.6 Å². The Morgan fingerprint density at radius 3 is 2.58 bits per heavy atom. The topological polar surface area (TPSA) is 95.0 Å².